The van der Waals surface area contributed by atoms with Crippen LogP contribution in [0, 0.1) is 5.95 Å². The van der Waals surface area contributed by atoms with Crippen molar-refractivity contribution in [3.05, 3.63) is 65.4 Å². The average Bonchev–Trinajstić information content (AvgIpc) is 3.42. The number of pyridine rings is 1. The summed E-state index contributed by atoms with van der Waals surface area (Å²) >= 11 is 0. The summed E-state index contributed by atoms with van der Waals surface area (Å²) in [6.45, 7) is 2.79. The van der Waals surface area contributed by atoms with Gasteiger partial charge in [-0.05, 0) is 59.2 Å². The normalized spacial score (nSPS) is 13.7. The van der Waals surface area contributed by atoms with Gasteiger partial charge in [0.1, 0.15) is 23.1 Å². The van der Waals surface area contributed by atoms with E-state index in [0.29, 0.717) is 54.0 Å². The van der Waals surface area contributed by atoms with Crippen LogP contribution in [0.5, 0.6) is 5.75 Å². The van der Waals surface area contributed by atoms with E-state index in [2.05, 4.69) is 35.8 Å². The molecular formula is C24H24FN9O3. The number of hydrogen-bond donors (Lipinski definition) is 2. The van der Waals surface area contributed by atoms with E-state index in [9.17, 15) is 14.3 Å². The molecule has 37 heavy (non-hydrogen) atoms. The highest BCUT2D eigenvalue weighted by Gasteiger charge is 2.23. The Balaban J connectivity index is 1.39. The fraction of sp³-hybridized carbons (Fsp3) is 0.292. The van der Waals surface area contributed by atoms with Gasteiger partial charge in [-0.15, -0.1) is 5.10 Å². The minimum atomic E-state index is -0.637. The maximum absolute atomic E-state index is 13.3. The lowest BCUT2D eigenvalue weighted by Gasteiger charge is -2.30. The van der Waals surface area contributed by atoms with Crippen LogP contribution >= 0.6 is 0 Å². The molecule has 1 amide bonds. The van der Waals surface area contributed by atoms with Crippen molar-refractivity contribution >= 4 is 17.5 Å². The van der Waals surface area contributed by atoms with Crippen LogP contribution in [0.3, 0.4) is 0 Å². The zero-order chi connectivity index (χ0) is 25.9. The first-order chi connectivity index (χ1) is 18.0. The Kier molecular flexibility index (Phi) is 6.68. The molecule has 1 aliphatic rings. The van der Waals surface area contributed by atoms with Crippen molar-refractivity contribution in [1.82, 2.24) is 35.2 Å². The summed E-state index contributed by atoms with van der Waals surface area (Å²) in [6.07, 6.45) is 3.19. The predicted molar refractivity (Wildman–Crippen MR) is 131 cm³/mol. The quantitative estimate of drug-likeness (QED) is 0.383. The number of amides is 1. The average molecular weight is 506 g/mol. The van der Waals surface area contributed by atoms with E-state index in [-0.39, 0.29) is 12.6 Å². The monoisotopic (exact) mass is 505 g/mol. The molecule has 1 aliphatic heterocycles. The number of methoxy groups -OCH3 is 1. The van der Waals surface area contributed by atoms with Crippen molar-refractivity contribution in [2.75, 3.05) is 30.5 Å². The molecule has 2 N–H and O–H groups in total. The summed E-state index contributed by atoms with van der Waals surface area (Å²) < 4.78 is 20.2. The Bertz CT molecular complexity index is 1430. The van der Waals surface area contributed by atoms with Gasteiger partial charge in [-0.25, -0.2) is 19.6 Å². The highest BCUT2D eigenvalue weighted by molar-refractivity contribution is 6.06. The topological polar surface area (TPSA) is 144 Å². The molecule has 1 aromatic carbocycles. The molecule has 0 fully saturated rings. The number of nitrogens with one attached hydrogen (secondary N) is 1. The van der Waals surface area contributed by atoms with Crippen molar-refractivity contribution in [3.8, 4) is 17.3 Å². The van der Waals surface area contributed by atoms with Crippen LogP contribution in [0.2, 0.25) is 0 Å². The zero-order valence-electron chi connectivity index (χ0n) is 20.2. The first kappa shape index (κ1) is 24.2. The van der Waals surface area contributed by atoms with E-state index >= 15 is 0 Å². The number of rotatable bonds is 7. The molecule has 0 bridgehead atoms. The van der Waals surface area contributed by atoms with Gasteiger partial charge in [0.05, 0.1) is 37.7 Å². The Hall–Kier alpha value is -4.52. The van der Waals surface area contributed by atoms with E-state index in [0.717, 1.165) is 17.3 Å². The summed E-state index contributed by atoms with van der Waals surface area (Å²) in [5, 5.41) is 23.9. The number of carbonyl (C=O) groups excluding carboxylic acids is 1. The van der Waals surface area contributed by atoms with E-state index in [1.165, 1.54) is 18.0 Å². The molecule has 5 rings (SSSR count). The highest BCUT2D eigenvalue weighted by Crippen LogP contribution is 2.30. The molecule has 1 atom stereocenters. The summed E-state index contributed by atoms with van der Waals surface area (Å²) in [5.41, 5.74) is 2.78. The maximum Gasteiger partial charge on any atom is 0.260 e. The van der Waals surface area contributed by atoms with Crippen molar-refractivity contribution in [3.63, 3.8) is 0 Å². The van der Waals surface area contributed by atoms with Gasteiger partial charge < -0.3 is 20.1 Å². The second kappa shape index (κ2) is 10.2. The standard InChI is InChI=1S/C24H24FN9O3/c1-14(13-35)34-23(30-31-32-34)18-4-3-5-21(28-18)29-24(36)17-8-16-12-33(22-11-26-20(25)10-27-22)7-6-15(16)9-19(17)37-2/h3-5,8-11,14,35H,6-7,12-13H2,1-2H3,(H,28,29,36)/t14-/m1/s1. The highest BCUT2D eigenvalue weighted by atomic mass is 19.1. The van der Waals surface area contributed by atoms with Crippen LogP contribution < -0.4 is 15.0 Å². The molecule has 0 spiro atoms. The summed E-state index contributed by atoms with van der Waals surface area (Å²) in [5.74, 6) is 0.647. The van der Waals surface area contributed by atoms with Gasteiger partial charge in [-0.2, -0.15) is 4.39 Å². The largest absolute Gasteiger partial charge is 0.496 e. The number of aromatic nitrogens is 7. The first-order valence-electron chi connectivity index (χ1n) is 11.6. The molecular weight excluding hydrogens is 481 g/mol. The lowest BCUT2D eigenvalue weighted by atomic mass is 9.96. The summed E-state index contributed by atoms with van der Waals surface area (Å²) in [6, 6.07) is 8.42. The number of aliphatic hydroxyl groups is 1. The number of ether oxygens (including phenoxy) is 1. The number of halogens is 1. The predicted octanol–water partition coefficient (Wildman–Crippen LogP) is 2.04. The van der Waals surface area contributed by atoms with Gasteiger partial charge in [-0.1, -0.05) is 6.07 Å². The number of anilines is 2. The minimum absolute atomic E-state index is 0.141. The van der Waals surface area contributed by atoms with Gasteiger partial charge in [0, 0.05) is 13.1 Å². The fourth-order valence-corrected chi connectivity index (χ4v) is 4.15. The number of hydrogen-bond acceptors (Lipinski definition) is 10. The second-order valence-electron chi connectivity index (χ2n) is 8.53. The minimum Gasteiger partial charge on any atom is -0.496 e. The third-order valence-corrected chi connectivity index (χ3v) is 6.10. The molecule has 190 valence electrons. The molecule has 13 heteroatoms. The first-order valence-corrected chi connectivity index (χ1v) is 11.6. The SMILES string of the molecule is COc1cc2c(cc1C(=O)Nc1cccc(-c3nnnn3[C@H](C)CO)n1)CN(c1cnc(F)cn1)CC2. The lowest BCUT2D eigenvalue weighted by Crippen LogP contribution is -2.31. The van der Waals surface area contributed by atoms with Gasteiger partial charge in [0.2, 0.25) is 11.8 Å². The Labute approximate surface area is 211 Å². The number of aliphatic hydroxyl groups excluding tert-OH is 1. The second-order valence-corrected chi connectivity index (χ2v) is 8.53. The van der Waals surface area contributed by atoms with Crippen LogP contribution in [0.25, 0.3) is 11.5 Å². The number of tetrazole rings is 1. The van der Waals surface area contributed by atoms with Gasteiger partial charge in [0.25, 0.3) is 5.91 Å². The Morgan fingerprint density at radius 2 is 2.11 bits per heavy atom. The molecule has 0 radical (unpaired) electrons. The smallest absolute Gasteiger partial charge is 0.260 e. The van der Waals surface area contributed by atoms with Crippen LogP contribution in [0.4, 0.5) is 16.0 Å². The number of fused-ring (bicyclic) bond motifs is 1. The van der Waals surface area contributed by atoms with Crippen LogP contribution in [-0.2, 0) is 13.0 Å². The lowest BCUT2D eigenvalue weighted by molar-refractivity contribution is 0.102. The molecule has 0 saturated heterocycles. The van der Waals surface area contributed by atoms with E-state index < -0.39 is 11.9 Å². The van der Waals surface area contributed by atoms with E-state index in [1.807, 2.05) is 11.0 Å². The third-order valence-electron chi connectivity index (χ3n) is 6.10. The molecule has 0 unspecified atom stereocenters. The zero-order valence-corrected chi connectivity index (χ0v) is 20.2. The molecule has 3 aromatic heterocycles. The van der Waals surface area contributed by atoms with Crippen molar-refractivity contribution in [2.24, 2.45) is 0 Å². The Morgan fingerprint density at radius 1 is 1.24 bits per heavy atom. The molecule has 4 aromatic rings. The maximum atomic E-state index is 13.3. The summed E-state index contributed by atoms with van der Waals surface area (Å²) in [4.78, 5) is 27.6. The van der Waals surface area contributed by atoms with Crippen molar-refractivity contribution in [2.45, 2.75) is 25.9 Å². The van der Waals surface area contributed by atoms with Gasteiger partial charge >= 0.3 is 0 Å². The van der Waals surface area contributed by atoms with E-state index in [4.69, 9.17) is 4.74 Å². The number of nitrogens with zero attached hydrogens (tertiary/aromatic N) is 8. The van der Waals surface area contributed by atoms with Crippen LogP contribution in [-0.4, -0.2) is 66.4 Å². The van der Waals surface area contributed by atoms with Crippen LogP contribution in [0.1, 0.15) is 34.5 Å². The van der Waals surface area contributed by atoms with E-state index in [1.54, 1.807) is 31.2 Å². The molecule has 0 saturated carbocycles. The molecule has 4 heterocycles. The number of benzene rings is 1. The third kappa shape index (κ3) is 4.93. The molecule has 12 nitrogen and oxygen atoms in total. The number of carbonyl (C=O) groups is 1. The Morgan fingerprint density at radius 3 is 2.86 bits per heavy atom. The van der Waals surface area contributed by atoms with Crippen molar-refractivity contribution in [1.29, 1.82) is 0 Å². The fourth-order valence-electron chi connectivity index (χ4n) is 4.15. The van der Waals surface area contributed by atoms with Gasteiger partial charge in [-0.3, -0.25) is 4.79 Å². The molecule has 0 aliphatic carbocycles. The van der Waals surface area contributed by atoms with Crippen molar-refractivity contribution < 1.29 is 19.0 Å². The van der Waals surface area contributed by atoms with Crippen LogP contribution in [0.15, 0.2) is 42.7 Å². The summed E-state index contributed by atoms with van der Waals surface area (Å²) in [7, 11) is 1.52. The van der Waals surface area contributed by atoms with Gasteiger partial charge in [0.15, 0.2) is 0 Å².